The van der Waals surface area contributed by atoms with E-state index in [0.29, 0.717) is 12.5 Å². The fourth-order valence-corrected chi connectivity index (χ4v) is 2.66. The highest BCUT2D eigenvalue weighted by Gasteiger charge is 2.26. The summed E-state index contributed by atoms with van der Waals surface area (Å²) in [6, 6.07) is 9.90. The van der Waals surface area contributed by atoms with Crippen molar-refractivity contribution in [3.63, 3.8) is 0 Å². The van der Waals surface area contributed by atoms with Gasteiger partial charge in [-0.25, -0.2) is 0 Å². The highest BCUT2D eigenvalue weighted by atomic mass is 16.1. The van der Waals surface area contributed by atoms with Gasteiger partial charge in [0.25, 0.3) is 5.91 Å². The van der Waals surface area contributed by atoms with Crippen LogP contribution in [0.2, 0.25) is 0 Å². The van der Waals surface area contributed by atoms with Gasteiger partial charge in [-0.2, -0.15) is 0 Å². The molecular weight excluding hydrogens is 274 g/mol. The molecule has 0 atom stereocenters. The molecule has 2 aromatic rings. The maximum absolute atomic E-state index is 12.5. The average molecular weight is 297 g/mol. The molecule has 1 aromatic heterocycles. The molecule has 1 aliphatic carbocycles. The second-order valence-electron chi connectivity index (χ2n) is 6.30. The summed E-state index contributed by atoms with van der Waals surface area (Å²) in [6.07, 6.45) is 3.34. The van der Waals surface area contributed by atoms with Crippen LogP contribution >= 0.6 is 0 Å². The lowest BCUT2D eigenvalue weighted by Gasteiger charge is -2.12. The van der Waals surface area contributed by atoms with Gasteiger partial charge in [0.2, 0.25) is 0 Å². The molecule has 1 saturated carbocycles. The van der Waals surface area contributed by atoms with Gasteiger partial charge in [-0.05, 0) is 52.0 Å². The number of carbonyl (C=O) groups excluding carboxylic acids is 1. The second-order valence-corrected chi connectivity index (χ2v) is 6.30. The highest BCUT2D eigenvalue weighted by Crippen LogP contribution is 2.40. The second kappa shape index (κ2) is 6.44. The van der Waals surface area contributed by atoms with Crippen LogP contribution in [0.4, 0.5) is 0 Å². The van der Waals surface area contributed by atoms with E-state index in [-0.39, 0.29) is 5.91 Å². The van der Waals surface area contributed by atoms with Crippen molar-refractivity contribution >= 4 is 16.8 Å². The molecule has 1 amide bonds. The van der Waals surface area contributed by atoms with Gasteiger partial charge < -0.3 is 10.2 Å². The van der Waals surface area contributed by atoms with Crippen LogP contribution in [0, 0.1) is 0 Å². The summed E-state index contributed by atoms with van der Waals surface area (Å²) in [7, 11) is 4.08. The van der Waals surface area contributed by atoms with Crippen molar-refractivity contribution in [2.45, 2.75) is 25.2 Å². The van der Waals surface area contributed by atoms with Gasteiger partial charge in [0.05, 0.1) is 11.1 Å². The minimum atomic E-state index is 0.0132. The number of fused-ring (bicyclic) bond motifs is 1. The standard InChI is InChI=1S/C18H23N3O/c1-21(2)11-5-10-19-18(22)15-12-17(13-8-9-13)20-16-7-4-3-6-14(15)16/h3-4,6-7,12-13H,5,8-11H2,1-2H3,(H,19,22). The summed E-state index contributed by atoms with van der Waals surface area (Å²) in [6.45, 7) is 1.68. The van der Waals surface area contributed by atoms with Crippen molar-refractivity contribution in [3.8, 4) is 0 Å². The first-order chi connectivity index (χ1) is 10.6. The van der Waals surface area contributed by atoms with Crippen LogP contribution < -0.4 is 5.32 Å². The molecule has 0 unspecified atom stereocenters. The minimum absolute atomic E-state index is 0.0132. The van der Waals surface area contributed by atoms with E-state index in [9.17, 15) is 4.79 Å². The van der Waals surface area contributed by atoms with Crippen molar-refractivity contribution in [1.29, 1.82) is 0 Å². The quantitative estimate of drug-likeness (QED) is 0.834. The Hall–Kier alpha value is -1.94. The third kappa shape index (κ3) is 3.45. The molecule has 1 fully saturated rings. The number of carbonyl (C=O) groups is 1. The first-order valence-corrected chi connectivity index (χ1v) is 7.98. The summed E-state index contributed by atoms with van der Waals surface area (Å²) in [4.78, 5) is 19.4. The van der Waals surface area contributed by atoms with E-state index in [1.165, 1.54) is 12.8 Å². The van der Waals surface area contributed by atoms with Crippen LogP contribution in [0.15, 0.2) is 30.3 Å². The Kier molecular flexibility index (Phi) is 4.39. The van der Waals surface area contributed by atoms with Gasteiger partial charge in [0.15, 0.2) is 0 Å². The van der Waals surface area contributed by atoms with Crippen molar-refractivity contribution in [3.05, 3.63) is 41.6 Å². The molecule has 0 spiro atoms. The van der Waals surface area contributed by atoms with E-state index in [1.807, 2.05) is 44.4 Å². The molecule has 22 heavy (non-hydrogen) atoms. The number of amides is 1. The molecule has 1 heterocycles. The van der Waals surface area contributed by atoms with Gasteiger partial charge >= 0.3 is 0 Å². The molecule has 4 nitrogen and oxygen atoms in total. The predicted molar refractivity (Wildman–Crippen MR) is 89.2 cm³/mol. The van der Waals surface area contributed by atoms with E-state index in [1.54, 1.807) is 0 Å². The van der Waals surface area contributed by atoms with Crippen molar-refractivity contribution in [1.82, 2.24) is 15.2 Å². The normalized spacial score (nSPS) is 14.5. The Morgan fingerprint density at radius 3 is 2.82 bits per heavy atom. The fourth-order valence-electron chi connectivity index (χ4n) is 2.66. The molecule has 0 saturated heterocycles. The number of aromatic nitrogens is 1. The van der Waals surface area contributed by atoms with Gasteiger partial charge in [0, 0.05) is 23.5 Å². The fraction of sp³-hybridized carbons (Fsp3) is 0.444. The highest BCUT2D eigenvalue weighted by molar-refractivity contribution is 6.06. The van der Waals surface area contributed by atoms with Crippen molar-refractivity contribution in [2.75, 3.05) is 27.2 Å². The maximum Gasteiger partial charge on any atom is 0.252 e. The molecule has 116 valence electrons. The van der Waals surface area contributed by atoms with Crippen LogP contribution in [0.25, 0.3) is 10.9 Å². The number of hydrogen-bond acceptors (Lipinski definition) is 3. The van der Waals surface area contributed by atoms with Crippen LogP contribution in [-0.4, -0.2) is 43.0 Å². The van der Waals surface area contributed by atoms with Gasteiger partial charge in [0.1, 0.15) is 0 Å². The minimum Gasteiger partial charge on any atom is -0.352 e. The Morgan fingerprint density at radius 1 is 1.32 bits per heavy atom. The van der Waals surface area contributed by atoms with Gasteiger partial charge in [-0.15, -0.1) is 0 Å². The van der Waals surface area contributed by atoms with E-state index in [4.69, 9.17) is 4.98 Å². The molecule has 0 aliphatic heterocycles. The summed E-state index contributed by atoms with van der Waals surface area (Å²) in [5, 5.41) is 3.98. The van der Waals surface area contributed by atoms with Gasteiger partial charge in [-0.1, -0.05) is 18.2 Å². The summed E-state index contributed by atoms with van der Waals surface area (Å²) in [5.41, 5.74) is 2.75. The first kappa shape index (κ1) is 15.0. The number of benzene rings is 1. The predicted octanol–water partition coefficient (Wildman–Crippen LogP) is 2.79. The molecular formula is C18H23N3O. The summed E-state index contributed by atoms with van der Waals surface area (Å²) in [5.74, 6) is 0.559. The summed E-state index contributed by atoms with van der Waals surface area (Å²) >= 11 is 0. The zero-order valence-electron chi connectivity index (χ0n) is 13.3. The van der Waals surface area contributed by atoms with E-state index >= 15 is 0 Å². The molecule has 1 aliphatic rings. The third-order valence-electron chi connectivity index (χ3n) is 4.04. The molecule has 0 bridgehead atoms. The number of nitrogens with zero attached hydrogens (tertiary/aromatic N) is 2. The first-order valence-electron chi connectivity index (χ1n) is 7.98. The SMILES string of the molecule is CN(C)CCCNC(=O)c1cc(C2CC2)nc2ccccc12. The Bertz CT molecular complexity index is 677. The lowest BCUT2D eigenvalue weighted by molar-refractivity contribution is 0.0954. The lowest BCUT2D eigenvalue weighted by atomic mass is 10.1. The van der Waals surface area contributed by atoms with E-state index in [0.717, 1.165) is 35.1 Å². The number of nitrogens with one attached hydrogen (secondary N) is 1. The third-order valence-corrected chi connectivity index (χ3v) is 4.04. The monoisotopic (exact) mass is 297 g/mol. The Labute approximate surface area is 131 Å². The number of pyridine rings is 1. The number of rotatable bonds is 6. The lowest BCUT2D eigenvalue weighted by Crippen LogP contribution is -2.27. The molecule has 1 aromatic carbocycles. The largest absolute Gasteiger partial charge is 0.352 e. The number of hydrogen-bond donors (Lipinski definition) is 1. The van der Waals surface area contributed by atoms with Crippen LogP contribution in [0.5, 0.6) is 0 Å². The van der Waals surface area contributed by atoms with Crippen molar-refractivity contribution in [2.24, 2.45) is 0 Å². The summed E-state index contributed by atoms with van der Waals surface area (Å²) < 4.78 is 0. The molecule has 0 radical (unpaired) electrons. The zero-order valence-corrected chi connectivity index (χ0v) is 13.3. The number of para-hydroxylation sites is 1. The van der Waals surface area contributed by atoms with Crippen molar-refractivity contribution < 1.29 is 4.79 Å². The zero-order chi connectivity index (χ0) is 15.5. The molecule has 4 heteroatoms. The smallest absolute Gasteiger partial charge is 0.252 e. The Morgan fingerprint density at radius 2 is 2.09 bits per heavy atom. The van der Waals surface area contributed by atoms with Crippen LogP contribution in [0.3, 0.4) is 0 Å². The van der Waals surface area contributed by atoms with Crippen LogP contribution in [0.1, 0.15) is 41.2 Å². The van der Waals surface area contributed by atoms with E-state index < -0.39 is 0 Å². The van der Waals surface area contributed by atoms with Crippen LogP contribution in [-0.2, 0) is 0 Å². The van der Waals surface area contributed by atoms with E-state index in [2.05, 4.69) is 10.2 Å². The molecule has 3 rings (SSSR count). The topological polar surface area (TPSA) is 45.2 Å². The Balaban J connectivity index is 1.80. The maximum atomic E-state index is 12.5. The average Bonchev–Trinajstić information content (AvgIpc) is 3.35. The molecule has 1 N–H and O–H groups in total. The van der Waals surface area contributed by atoms with Gasteiger partial charge in [-0.3, -0.25) is 9.78 Å².